The zero-order valence-electron chi connectivity index (χ0n) is 24.0. The fraction of sp³-hybridized carbons (Fsp3) is 0.0833. The van der Waals surface area contributed by atoms with E-state index in [0.29, 0.717) is 22.4 Å². The quantitative estimate of drug-likeness (QED) is 0.239. The lowest BCUT2D eigenvalue weighted by atomic mass is 9.88. The Kier molecular flexibility index (Phi) is 4.76. The minimum absolute atomic E-state index is 0.428. The molecule has 7 rings (SSSR count). The molecule has 0 saturated heterocycles. The summed E-state index contributed by atoms with van der Waals surface area (Å²) < 4.78 is 34.2. The van der Waals surface area contributed by atoms with Crippen molar-refractivity contribution in [2.45, 2.75) is 19.2 Å². The van der Waals surface area contributed by atoms with Gasteiger partial charge in [-0.25, -0.2) is 0 Å². The van der Waals surface area contributed by atoms with Gasteiger partial charge in [-0.05, 0) is 69.7 Å². The molecule has 0 saturated carbocycles. The van der Waals surface area contributed by atoms with E-state index in [2.05, 4.69) is 24.3 Å². The first kappa shape index (κ1) is 19.4. The minimum Gasteiger partial charge on any atom is -0.456 e. The summed E-state index contributed by atoms with van der Waals surface area (Å²) in [6.07, 6.45) is -0.174. The normalized spacial score (nSPS) is 14.7. The van der Waals surface area contributed by atoms with Crippen molar-refractivity contribution < 1.29 is 8.53 Å². The van der Waals surface area contributed by atoms with Crippen molar-refractivity contribution in [2.75, 3.05) is 0 Å². The van der Waals surface area contributed by atoms with Crippen LogP contribution in [0.15, 0.2) is 132 Å². The first-order chi connectivity index (χ1) is 19.8. The molecular weight excluding hydrogens is 462 g/mol. The molecule has 0 N–H and O–H groups in total. The van der Waals surface area contributed by atoms with Crippen LogP contribution >= 0.6 is 0 Å². The van der Waals surface area contributed by atoms with Gasteiger partial charge in [0, 0.05) is 32.5 Å². The summed E-state index contributed by atoms with van der Waals surface area (Å²) in [5.41, 5.74) is 5.38. The fourth-order valence-corrected chi connectivity index (χ4v) is 5.24. The lowest BCUT2D eigenvalue weighted by Crippen LogP contribution is -2.04. The van der Waals surface area contributed by atoms with Crippen molar-refractivity contribution in [1.29, 1.82) is 0 Å². The van der Waals surface area contributed by atoms with Crippen molar-refractivity contribution in [1.82, 2.24) is 4.98 Å². The van der Waals surface area contributed by atoms with Crippen LogP contribution in [0.25, 0.3) is 44.0 Å². The summed E-state index contributed by atoms with van der Waals surface area (Å²) >= 11 is 0. The third-order valence-electron chi connectivity index (χ3n) is 7.22. The summed E-state index contributed by atoms with van der Waals surface area (Å²) in [7, 11) is 0. The van der Waals surface area contributed by atoms with Gasteiger partial charge < -0.3 is 4.42 Å². The van der Waals surface area contributed by atoms with E-state index in [-0.39, 0.29) is 0 Å². The summed E-state index contributed by atoms with van der Waals surface area (Å²) in [5.74, 6) is -1.21. The van der Waals surface area contributed by atoms with Crippen LogP contribution in [0.1, 0.15) is 39.2 Å². The van der Waals surface area contributed by atoms with Crippen molar-refractivity contribution >= 4 is 32.7 Å². The van der Waals surface area contributed by atoms with Gasteiger partial charge in [0.2, 0.25) is 0 Å². The monoisotopic (exact) mass is 492 g/mol. The summed E-state index contributed by atoms with van der Waals surface area (Å²) in [4.78, 5) is 4.82. The molecule has 5 aromatic carbocycles. The van der Waals surface area contributed by atoms with Gasteiger partial charge in [0.1, 0.15) is 11.2 Å². The van der Waals surface area contributed by atoms with Gasteiger partial charge in [-0.2, -0.15) is 0 Å². The lowest BCUT2D eigenvalue weighted by Gasteiger charge is -2.18. The van der Waals surface area contributed by atoms with Gasteiger partial charge in [0.15, 0.2) is 0 Å². The van der Waals surface area contributed by atoms with Gasteiger partial charge in [-0.15, -0.1) is 0 Å². The Labute approximate surface area is 226 Å². The number of benzene rings is 5. The first-order valence-electron chi connectivity index (χ1n) is 14.3. The molecule has 0 aliphatic carbocycles. The van der Waals surface area contributed by atoms with Crippen molar-refractivity contribution in [3.63, 3.8) is 0 Å². The summed E-state index contributed by atoms with van der Waals surface area (Å²) in [6.45, 7) is 1.80. The highest BCUT2D eigenvalue weighted by Crippen LogP contribution is 2.37. The van der Waals surface area contributed by atoms with E-state index in [0.717, 1.165) is 43.8 Å². The Balaban J connectivity index is 1.45. The molecule has 2 aromatic heterocycles. The standard InChI is InChI=1S/C36H27NO/c1-24(26-12-6-3-7-13-26)32-23-37-33(22-29(32)20-25-10-4-2-5-11-25)28-17-18-34-31(21-28)36-30-15-9-8-14-27(30)16-19-35(36)38-34/h2-19,21-24H,20H2,1H3/i20D2,24D. The third-order valence-corrected chi connectivity index (χ3v) is 7.22. The Morgan fingerprint density at radius 1 is 0.763 bits per heavy atom. The molecule has 0 bridgehead atoms. The molecule has 7 aromatic rings. The van der Waals surface area contributed by atoms with E-state index in [1.54, 1.807) is 25.3 Å². The minimum atomic E-state index is -1.85. The highest BCUT2D eigenvalue weighted by molar-refractivity contribution is 6.19. The average Bonchev–Trinajstić information content (AvgIpc) is 3.40. The van der Waals surface area contributed by atoms with Gasteiger partial charge in [-0.1, -0.05) is 97.9 Å². The molecule has 182 valence electrons. The molecule has 0 aliphatic heterocycles. The Morgan fingerprint density at radius 2 is 1.50 bits per heavy atom. The molecule has 2 heterocycles. The van der Waals surface area contributed by atoms with Crippen LogP contribution < -0.4 is 0 Å². The molecule has 0 spiro atoms. The highest BCUT2D eigenvalue weighted by atomic mass is 16.3. The number of furan rings is 1. The number of fused-ring (bicyclic) bond motifs is 5. The van der Waals surface area contributed by atoms with E-state index < -0.39 is 12.3 Å². The van der Waals surface area contributed by atoms with Crippen LogP contribution in [0.4, 0.5) is 0 Å². The predicted molar refractivity (Wildman–Crippen MR) is 158 cm³/mol. The highest BCUT2D eigenvalue weighted by Gasteiger charge is 2.17. The molecule has 1 unspecified atom stereocenters. The number of pyridine rings is 1. The topological polar surface area (TPSA) is 26.0 Å². The zero-order valence-corrected chi connectivity index (χ0v) is 21.0. The van der Waals surface area contributed by atoms with Gasteiger partial charge in [-0.3, -0.25) is 4.98 Å². The summed E-state index contributed by atoms with van der Waals surface area (Å²) in [5, 5.41) is 4.31. The second-order valence-corrected chi connectivity index (χ2v) is 9.57. The van der Waals surface area contributed by atoms with E-state index in [4.69, 9.17) is 9.40 Å². The molecule has 2 nitrogen and oxygen atoms in total. The second kappa shape index (κ2) is 9.32. The van der Waals surface area contributed by atoms with E-state index in [1.807, 2.05) is 84.9 Å². The number of hydrogen-bond acceptors (Lipinski definition) is 2. The first-order valence-corrected chi connectivity index (χ1v) is 12.8. The van der Waals surface area contributed by atoms with Crippen LogP contribution in [-0.4, -0.2) is 4.98 Å². The Bertz CT molecular complexity index is 2050. The lowest BCUT2D eigenvalue weighted by molar-refractivity contribution is 0.669. The average molecular weight is 493 g/mol. The second-order valence-electron chi connectivity index (χ2n) is 9.57. The predicted octanol–water partition coefficient (Wildman–Crippen LogP) is 9.54. The maximum atomic E-state index is 9.40. The molecule has 38 heavy (non-hydrogen) atoms. The zero-order chi connectivity index (χ0) is 28.2. The molecule has 0 radical (unpaired) electrons. The van der Waals surface area contributed by atoms with Crippen LogP contribution in [-0.2, 0) is 6.37 Å². The van der Waals surface area contributed by atoms with E-state index in [9.17, 15) is 4.11 Å². The maximum absolute atomic E-state index is 9.40. The molecule has 0 fully saturated rings. The Morgan fingerprint density at radius 3 is 2.34 bits per heavy atom. The number of nitrogens with zero attached hydrogens (tertiary/aromatic N) is 1. The SMILES string of the molecule is [2H]C([2H])(c1ccccc1)c1cc(-c2ccc3oc4ccc5ccccc5c4c3c2)ncc1C([2H])(C)c1ccccc1. The van der Waals surface area contributed by atoms with Crippen LogP contribution in [0.3, 0.4) is 0 Å². The van der Waals surface area contributed by atoms with Crippen molar-refractivity contribution in [2.24, 2.45) is 0 Å². The fourth-order valence-electron chi connectivity index (χ4n) is 5.24. The molecule has 1 atom stereocenters. The smallest absolute Gasteiger partial charge is 0.136 e. The van der Waals surface area contributed by atoms with Crippen molar-refractivity contribution in [3.8, 4) is 11.3 Å². The van der Waals surface area contributed by atoms with E-state index in [1.165, 1.54) is 0 Å². The van der Waals surface area contributed by atoms with Gasteiger partial charge in [0.05, 0.1) is 5.69 Å². The van der Waals surface area contributed by atoms with Crippen molar-refractivity contribution in [3.05, 3.63) is 150 Å². The molecule has 0 amide bonds. The molecule has 0 aliphatic rings. The third kappa shape index (κ3) is 3.95. The van der Waals surface area contributed by atoms with Crippen LogP contribution in [0.5, 0.6) is 0 Å². The number of aromatic nitrogens is 1. The Hall–Kier alpha value is -4.69. The molecular formula is C36H27NO. The number of hydrogen-bond donors (Lipinski definition) is 0. The largest absolute Gasteiger partial charge is 0.456 e. The van der Waals surface area contributed by atoms with Gasteiger partial charge >= 0.3 is 0 Å². The molecule has 2 heteroatoms. The van der Waals surface area contributed by atoms with Crippen LogP contribution in [0, 0.1) is 0 Å². The van der Waals surface area contributed by atoms with Crippen LogP contribution in [0.2, 0.25) is 0 Å². The maximum Gasteiger partial charge on any atom is 0.136 e. The van der Waals surface area contributed by atoms with Gasteiger partial charge in [0.25, 0.3) is 0 Å². The summed E-state index contributed by atoms with van der Waals surface area (Å²) in [6, 6.07) is 38.9. The number of rotatable bonds is 5. The van der Waals surface area contributed by atoms with E-state index >= 15 is 0 Å².